The molecule has 2 aromatic heterocycles. The van der Waals surface area contributed by atoms with E-state index in [4.69, 9.17) is 11.6 Å². The van der Waals surface area contributed by atoms with Gasteiger partial charge in [0.05, 0.1) is 6.33 Å². The van der Waals surface area contributed by atoms with Gasteiger partial charge in [0.25, 0.3) is 0 Å². The molecular formula is C27H23ClF2N6O. The second kappa shape index (κ2) is 10.5. The molecule has 1 aliphatic carbocycles. The Balaban J connectivity index is 1.51. The van der Waals surface area contributed by atoms with E-state index in [-0.39, 0.29) is 23.7 Å². The van der Waals surface area contributed by atoms with Gasteiger partial charge in [-0.1, -0.05) is 29.7 Å². The van der Waals surface area contributed by atoms with Gasteiger partial charge in [-0.05, 0) is 61.1 Å². The number of halogens is 3. The van der Waals surface area contributed by atoms with Crippen molar-refractivity contribution in [3.63, 3.8) is 0 Å². The molecule has 0 aliphatic heterocycles. The van der Waals surface area contributed by atoms with E-state index in [9.17, 15) is 13.6 Å². The van der Waals surface area contributed by atoms with Crippen LogP contribution in [0.2, 0.25) is 5.02 Å². The molecule has 2 heterocycles. The fourth-order valence-corrected chi connectivity index (χ4v) is 4.76. The largest absolute Gasteiger partial charge is 0.364 e. The van der Waals surface area contributed by atoms with Crippen LogP contribution < -0.4 is 10.6 Å². The smallest absolute Gasteiger partial charge is 0.222 e. The number of hydrogen-bond donors (Lipinski definition) is 2. The van der Waals surface area contributed by atoms with Gasteiger partial charge in [0, 0.05) is 36.1 Å². The van der Waals surface area contributed by atoms with Crippen molar-refractivity contribution in [2.75, 3.05) is 12.4 Å². The third-order valence-corrected chi connectivity index (χ3v) is 6.66. The maximum absolute atomic E-state index is 13.6. The number of nitrogens with zero attached hydrogens (tertiary/aromatic N) is 4. The molecule has 7 nitrogen and oxygen atoms in total. The molecule has 0 bridgehead atoms. The number of anilines is 1. The van der Waals surface area contributed by atoms with Crippen LogP contribution in [-0.4, -0.2) is 32.5 Å². The third-order valence-electron chi connectivity index (χ3n) is 6.42. The topological polar surface area (TPSA) is 84.7 Å². The van der Waals surface area contributed by atoms with Crippen LogP contribution in [0.15, 0.2) is 48.8 Å². The fourth-order valence-electron chi connectivity index (χ4n) is 4.55. The van der Waals surface area contributed by atoms with Crippen molar-refractivity contribution in [3.8, 4) is 11.8 Å². The summed E-state index contributed by atoms with van der Waals surface area (Å²) in [5, 5.41) is 6.65. The quantitative estimate of drug-likeness (QED) is 0.367. The Kier molecular flexibility index (Phi) is 7.01. The van der Waals surface area contributed by atoms with Gasteiger partial charge in [0.2, 0.25) is 11.7 Å². The minimum absolute atomic E-state index is 0.0310. The lowest BCUT2D eigenvalue weighted by molar-refractivity contribution is -0.124. The lowest BCUT2D eigenvalue weighted by Gasteiger charge is -2.13. The van der Waals surface area contributed by atoms with Crippen LogP contribution in [0.25, 0.3) is 11.2 Å². The van der Waals surface area contributed by atoms with Crippen molar-refractivity contribution in [1.29, 1.82) is 0 Å². The second-order valence-corrected chi connectivity index (χ2v) is 9.30. The highest BCUT2D eigenvalue weighted by Gasteiger charge is 2.31. The molecule has 1 fully saturated rings. The van der Waals surface area contributed by atoms with Gasteiger partial charge in [-0.15, -0.1) is 0 Å². The molecule has 2 atom stereocenters. The van der Waals surface area contributed by atoms with Crippen LogP contribution >= 0.6 is 11.6 Å². The summed E-state index contributed by atoms with van der Waals surface area (Å²) in [6.07, 6.45) is 3.98. The number of aromatic nitrogens is 4. The van der Waals surface area contributed by atoms with Crippen molar-refractivity contribution in [2.24, 2.45) is 5.92 Å². The number of nitrogens with one attached hydrogen (secondary N) is 2. The molecule has 5 rings (SSSR count). The predicted octanol–water partition coefficient (Wildman–Crippen LogP) is 4.86. The van der Waals surface area contributed by atoms with Gasteiger partial charge in [0.1, 0.15) is 0 Å². The maximum atomic E-state index is 13.6. The second-order valence-electron chi connectivity index (χ2n) is 8.86. The molecule has 2 N–H and O–H groups in total. The Labute approximate surface area is 217 Å². The van der Waals surface area contributed by atoms with Gasteiger partial charge < -0.3 is 15.2 Å². The highest BCUT2D eigenvalue weighted by Crippen LogP contribution is 2.36. The monoisotopic (exact) mass is 520 g/mol. The summed E-state index contributed by atoms with van der Waals surface area (Å²) in [4.78, 5) is 25.9. The number of fused-ring (bicyclic) bond motifs is 1. The molecule has 0 spiro atoms. The SMILES string of the molecule is CNC(=O)C1CC[C@H](n2cnc3c(NCc4cccc(Cl)c4)nc(C#Cc4ccc(F)c(F)c4)nc32)C1. The number of amides is 1. The summed E-state index contributed by atoms with van der Waals surface area (Å²) >= 11 is 6.12. The van der Waals surface area contributed by atoms with Gasteiger partial charge >= 0.3 is 0 Å². The zero-order valence-electron chi connectivity index (χ0n) is 19.9. The van der Waals surface area contributed by atoms with Crippen LogP contribution in [0.1, 0.15) is 42.3 Å². The van der Waals surface area contributed by atoms with E-state index in [1.54, 1.807) is 19.4 Å². The van der Waals surface area contributed by atoms with Gasteiger partial charge in [-0.3, -0.25) is 4.79 Å². The molecule has 2 aromatic carbocycles. The van der Waals surface area contributed by atoms with Crippen molar-refractivity contribution >= 4 is 34.5 Å². The first kappa shape index (κ1) is 24.7. The molecule has 0 saturated heterocycles. The summed E-state index contributed by atoms with van der Waals surface area (Å²) in [7, 11) is 1.64. The summed E-state index contributed by atoms with van der Waals surface area (Å²) < 4.78 is 28.9. The van der Waals surface area contributed by atoms with E-state index in [1.807, 2.05) is 22.8 Å². The standard InChI is InChI=1S/C27H23ClF2N6O/c1-31-27(37)18-7-8-20(13-18)36-15-33-24-25(32-14-17-3-2-4-19(28)11-17)34-23(35-26(24)36)10-6-16-5-9-21(29)22(30)12-16/h2-5,9,11-12,15,18,20H,7-8,13-14H2,1H3,(H,31,37)(H,32,34,35)/t18?,20-/m0/s1. The van der Waals surface area contributed by atoms with Crippen molar-refractivity contribution in [3.05, 3.63) is 82.4 Å². The molecule has 37 heavy (non-hydrogen) atoms. The molecule has 10 heteroatoms. The number of rotatable bonds is 5. The maximum Gasteiger partial charge on any atom is 0.222 e. The number of benzene rings is 2. The van der Waals surface area contributed by atoms with Crippen molar-refractivity contribution in [1.82, 2.24) is 24.8 Å². The Morgan fingerprint density at radius 1 is 1.14 bits per heavy atom. The number of imidazole rings is 1. The highest BCUT2D eigenvalue weighted by molar-refractivity contribution is 6.30. The lowest BCUT2D eigenvalue weighted by Crippen LogP contribution is -2.25. The summed E-state index contributed by atoms with van der Waals surface area (Å²) in [5.74, 6) is 4.40. The summed E-state index contributed by atoms with van der Waals surface area (Å²) in [6.45, 7) is 0.442. The minimum atomic E-state index is -0.975. The number of hydrogen-bond acceptors (Lipinski definition) is 5. The molecule has 188 valence electrons. The summed E-state index contributed by atoms with van der Waals surface area (Å²) in [6, 6.07) is 11.0. The fraction of sp³-hybridized carbons (Fsp3) is 0.259. The Morgan fingerprint density at radius 3 is 2.78 bits per heavy atom. The molecule has 1 saturated carbocycles. The van der Waals surface area contributed by atoms with Crippen molar-refractivity contribution in [2.45, 2.75) is 31.8 Å². The van der Waals surface area contributed by atoms with Crippen molar-refractivity contribution < 1.29 is 13.6 Å². The van der Waals surface area contributed by atoms with Gasteiger partial charge in [-0.25, -0.2) is 23.7 Å². The normalized spacial score (nSPS) is 16.9. The van der Waals surface area contributed by atoms with E-state index < -0.39 is 11.6 Å². The van der Waals surface area contributed by atoms with Gasteiger partial charge in [0.15, 0.2) is 28.6 Å². The third kappa shape index (κ3) is 5.39. The first-order valence-corrected chi connectivity index (χ1v) is 12.2. The molecular weight excluding hydrogens is 498 g/mol. The van der Waals surface area contributed by atoms with Crippen LogP contribution in [0.3, 0.4) is 0 Å². The van der Waals surface area contributed by atoms with E-state index in [1.165, 1.54) is 6.07 Å². The van der Waals surface area contributed by atoms with Crippen LogP contribution in [0.4, 0.5) is 14.6 Å². The number of carbonyl (C=O) groups is 1. The Morgan fingerprint density at radius 2 is 2.00 bits per heavy atom. The average Bonchev–Trinajstić information content (AvgIpc) is 3.55. The highest BCUT2D eigenvalue weighted by atomic mass is 35.5. The average molecular weight is 521 g/mol. The molecule has 0 radical (unpaired) electrons. The van der Waals surface area contributed by atoms with E-state index >= 15 is 0 Å². The Hall–Kier alpha value is -4.03. The summed E-state index contributed by atoms with van der Waals surface area (Å²) in [5.41, 5.74) is 2.41. The first-order valence-electron chi connectivity index (χ1n) is 11.8. The number of carbonyl (C=O) groups excluding carboxylic acids is 1. The van der Waals surface area contributed by atoms with E-state index in [0.29, 0.717) is 40.5 Å². The molecule has 4 aromatic rings. The molecule has 1 amide bonds. The predicted molar refractivity (Wildman–Crippen MR) is 137 cm³/mol. The zero-order chi connectivity index (χ0) is 25.9. The molecule has 1 unspecified atom stereocenters. The van der Waals surface area contributed by atoms with Crippen LogP contribution in [-0.2, 0) is 11.3 Å². The molecule has 1 aliphatic rings. The zero-order valence-corrected chi connectivity index (χ0v) is 20.7. The van der Waals surface area contributed by atoms with Crippen LogP contribution in [0.5, 0.6) is 0 Å². The lowest BCUT2D eigenvalue weighted by atomic mass is 10.1. The first-order chi connectivity index (χ1) is 17.9. The van der Waals surface area contributed by atoms with E-state index in [0.717, 1.165) is 30.5 Å². The minimum Gasteiger partial charge on any atom is -0.364 e. The van der Waals surface area contributed by atoms with E-state index in [2.05, 4.69) is 37.4 Å². The van der Waals surface area contributed by atoms with Crippen LogP contribution in [0, 0.1) is 29.4 Å². The van der Waals surface area contributed by atoms with Gasteiger partial charge in [-0.2, -0.15) is 0 Å². The Bertz CT molecular complexity index is 1540.